The monoisotopic (exact) mass is 380 g/mol. The molecule has 2 aromatic rings. The molecule has 2 aromatic carbocycles. The molecule has 0 atom stereocenters. The van der Waals surface area contributed by atoms with Crippen molar-refractivity contribution in [3.8, 4) is 0 Å². The molecule has 134 valence electrons. The zero-order valence-electron chi connectivity index (χ0n) is 14.2. The number of hydrogen-bond donors (Lipinski definition) is 1. The molecule has 1 amide bonds. The van der Waals surface area contributed by atoms with Crippen molar-refractivity contribution in [2.75, 3.05) is 13.1 Å². The molecular weight excluding hydrogens is 360 g/mol. The van der Waals surface area contributed by atoms with Gasteiger partial charge < -0.3 is 4.90 Å². The van der Waals surface area contributed by atoms with Gasteiger partial charge in [0, 0.05) is 31.6 Å². The predicted molar refractivity (Wildman–Crippen MR) is 98.9 cm³/mol. The Hall–Kier alpha value is -1.89. The number of nitrogens with one attached hydrogen (secondary N) is 1. The summed E-state index contributed by atoms with van der Waals surface area (Å²) in [6.07, 6.45) is 0. The van der Waals surface area contributed by atoms with E-state index in [1.807, 2.05) is 31.2 Å². The van der Waals surface area contributed by atoms with Crippen LogP contribution >= 0.6 is 11.6 Å². The third kappa shape index (κ3) is 5.56. The molecule has 1 N–H and O–H groups in total. The molecular formula is C18H21ClN2O3S. The number of sulfonamides is 1. The molecule has 2 rings (SSSR count). The van der Waals surface area contributed by atoms with Crippen LogP contribution in [0.15, 0.2) is 53.4 Å². The van der Waals surface area contributed by atoms with Crippen LogP contribution in [0.5, 0.6) is 0 Å². The molecule has 0 spiro atoms. The van der Waals surface area contributed by atoms with Gasteiger partial charge in [-0.05, 0) is 36.2 Å². The number of hydrogen-bond acceptors (Lipinski definition) is 3. The predicted octanol–water partition coefficient (Wildman–Crippen LogP) is 2.98. The van der Waals surface area contributed by atoms with Crippen LogP contribution in [0.4, 0.5) is 0 Å². The second-order valence-electron chi connectivity index (χ2n) is 5.75. The van der Waals surface area contributed by atoms with Gasteiger partial charge in [-0.15, -0.1) is 0 Å². The summed E-state index contributed by atoms with van der Waals surface area (Å²) in [5.41, 5.74) is 1.69. The molecule has 0 saturated heterocycles. The molecule has 5 nitrogen and oxygen atoms in total. The van der Waals surface area contributed by atoms with Crippen LogP contribution in [-0.4, -0.2) is 32.3 Å². The zero-order chi connectivity index (χ0) is 18.4. The van der Waals surface area contributed by atoms with Crippen LogP contribution in [0.25, 0.3) is 0 Å². The minimum absolute atomic E-state index is 0.125. The molecule has 0 aliphatic carbocycles. The highest BCUT2D eigenvalue weighted by molar-refractivity contribution is 7.89. The SMILES string of the molecule is CC(=O)N(CCNS(=O)(=O)c1cccc(C)c1)Cc1ccccc1Cl. The van der Waals surface area contributed by atoms with Gasteiger partial charge in [-0.3, -0.25) is 4.79 Å². The lowest BCUT2D eigenvalue weighted by molar-refractivity contribution is -0.129. The van der Waals surface area contributed by atoms with Crippen molar-refractivity contribution >= 4 is 27.5 Å². The van der Waals surface area contributed by atoms with Crippen molar-refractivity contribution in [3.05, 3.63) is 64.7 Å². The Labute approximate surface area is 153 Å². The van der Waals surface area contributed by atoms with Crippen LogP contribution in [0.2, 0.25) is 5.02 Å². The van der Waals surface area contributed by atoms with Gasteiger partial charge >= 0.3 is 0 Å². The van der Waals surface area contributed by atoms with Gasteiger partial charge in [-0.25, -0.2) is 13.1 Å². The summed E-state index contributed by atoms with van der Waals surface area (Å²) in [4.78, 5) is 13.6. The van der Waals surface area contributed by atoms with Crippen LogP contribution in [0.1, 0.15) is 18.1 Å². The quantitative estimate of drug-likeness (QED) is 0.803. The van der Waals surface area contributed by atoms with Crippen molar-refractivity contribution in [1.82, 2.24) is 9.62 Å². The van der Waals surface area contributed by atoms with E-state index in [9.17, 15) is 13.2 Å². The Morgan fingerprint density at radius 3 is 2.52 bits per heavy atom. The van der Waals surface area contributed by atoms with Crippen LogP contribution in [0.3, 0.4) is 0 Å². The summed E-state index contributed by atoms with van der Waals surface area (Å²) < 4.78 is 27.2. The molecule has 0 aliphatic heterocycles. The molecule has 25 heavy (non-hydrogen) atoms. The van der Waals surface area contributed by atoms with E-state index >= 15 is 0 Å². The Bertz CT molecular complexity index is 853. The number of benzene rings is 2. The highest BCUT2D eigenvalue weighted by Crippen LogP contribution is 2.17. The number of aryl methyl sites for hydroxylation is 1. The third-order valence-corrected chi connectivity index (χ3v) is 5.57. The van der Waals surface area contributed by atoms with Gasteiger partial charge in [0.2, 0.25) is 15.9 Å². The molecule has 0 heterocycles. The summed E-state index contributed by atoms with van der Waals surface area (Å²) in [7, 11) is -3.60. The maximum atomic E-state index is 12.3. The second-order valence-corrected chi connectivity index (χ2v) is 7.92. The van der Waals surface area contributed by atoms with Crippen molar-refractivity contribution < 1.29 is 13.2 Å². The molecule has 0 aromatic heterocycles. The van der Waals surface area contributed by atoms with Crippen molar-refractivity contribution in [2.24, 2.45) is 0 Å². The van der Waals surface area contributed by atoms with E-state index in [2.05, 4.69) is 4.72 Å². The van der Waals surface area contributed by atoms with E-state index < -0.39 is 10.0 Å². The van der Waals surface area contributed by atoms with Crippen molar-refractivity contribution in [3.63, 3.8) is 0 Å². The Kier molecular flexibility index (Phi) is 6.58. The van der Waals surface area contributed by atoms with Gasteiger partial charge in [0.25, 0.3) is 0 Å². The van der Waals surface area contributed by atoms with Gasteiger partial charge in [0.05, 0.1) is 4.90 Å². The number of nitrogens with zero attached hydrogens (tertiary/aromatic N) is 1. The number of rotatable bonds is 7. The van der Waals surface area contributed by atoms with E-state index in [0.29, 0.717) is 11.6 Å². The first-order valence-corrected chi connectivity index (χ1v) is 9.71. The summed E-state index contributed by atoms with van der Waals surface area (Å²) >= 11 is 6.13. The number of halogens is 1. The maximum Gasteiger partial charge on any atom is 0.240 e. The average molecular weight is 381 g/mol. The fourth-order valence-corrected chi connectivity index (χ4v) is 3.68. The average Bonchev–Trinajstić information content (AvgIpc) is 2.55. The van der Waals surface area contributed by atoms with E-state index in [4.69, 9.17) is 11.6 Å². The van der Waals surface area contributed by atoms with Crippen LogP contribution in [0, 0.1) is 6.92 Å². The van der Waals surface area contributed by atoms with E-state index in [-0.39, 0.29) is 23.9 Å². The van der Waals surface area contributed by atoms with E-state index in [1.165, 1.54) is 6.92 Å². The molecule has 0 aliphatic rings. The highest BCUT2D eigenvalue weighted by Gasteiger charge is 2.16. The largest absolute Gasteiger partial charge is 0.337 e. The molecule has 0 unspecified atom stereocenters. The Morgan fingerprint density at radius 2 is 1.88 bits per heavy atom. The van der Waals surface area contributed by atoms with Crippen LogP contribution in [-0.2, 0) is 21.4 Å². The van der Waals surface area contributed by atoms with Gasteiger partial charge in [0.15, 0.2) is 0 Å². The Morgan fingerprint density at radius 1 is 1.16 bits per heavy atom. The first kappa shape index (κ1) is 19.4. The fourth-order valence-electron chi connectivity index (χ4n) is 2.36. The number of carbonyl (C=O) groups is 1. The number of amides is 1. The highest BCUT2D eigenvalue weighted by atomic mass is 35.5. The van der Waals surface area contributed by atoms with E-state index in [0.717, 1.165) is 11.1 Å². The first-order chi connectivity index (χ1) is 11.8. The smallest absolute Gasteiger partial charge is 0.240 e. The summed E-state index contributed by atoms with van der Waals surface area (Å²) in [6.45, 7) is 4.00. The lowest BCUT2D eigenvalue weighted by atomic mass is 10.2. The molecule has 0 bridgehead atoms. The number of carbonyl (C=O) groups excluding carboxylic acids is 1. The summed E-state index contributed by atoms with van der Waals surface area (Å²) in [6, 6.07) is 13.9. The molecule has 0 fully saturated rings. The molecule has 7 heteroatoms. The van der Waals surface area contributed by atoms with Gasteiger partial charge in [-0.1, -0.05) is 41.9 Å². The Balaban J connectivity index is 2.00. The lowest BCUT2D eigenvalue weighted by Crippen LogP contribution is -2.37. The lowest BCUT2D eigenvalue weighted by Gasteiger charge is -2.22. The standard InChI is InChI=1S/C18H21ClN2O3S/c1-14-6-5-8-17(12-14)25(23,24)20-10-11-21(15(2)22)13-16-7-3-4-9-18(16)19/h3-9,12,20H,10-11,13H2,1-2H3. The minimum atomic E-state index is -3.60. The van der Waals surface area contributed by atoms with Gasteiger partial charge in [0.1, 0.15) is 0 Å². The summed E-state index contributed by atoms with van der Waals surface area (Å²) in [5, 5.41) is 0.578. The topological polar surface area (TPSA) is 66.5 Å². The van der Waals surface area contributed by atoms with Crippen molar-refractivity contribution in [1.29, 1.82) is 0 Å². The first-order valence-electron chi connectivity index (χ1n) is 7.85. The molecule has 0 saturated carbocycles. The fraction of sp³-hybridized carbons (Fsp3) is 0.278. The molecule has 0 radical (unpaired) electrons. The van der Waals surface area contributed by atoms with Crippen molar-refractivity contribution in [2.45, 2.75) is 25.3 Å². The maximum absolute atomic E-state index is 12.3. The zero-order valence-corrected chi connectivity index (χ0v) is 15.8. The normalized spacial score (nSPS) is 11.3. The summed E-state index contributed by atoms with van der Waals surface area (Å²) in [5.74, 6) is -0.144. The third-order valence-electron chi connectivity index (χ3n) is 3.74. The second kappa shape index (κ2) is 8.47. The van der Waals surface area contributed by atoms with Crippen LogP contribution < -0.4 is 4.72 Å². The minimum Gasteiger partial charge on any atom is -0.337 e. The van der Waals surface area contributed by atoms with E-state index in [1.54, 1.807) is 29.2 Å². The van der Waals surface area contributed by atoms with Gasteiger partial charge in [-0.2, -0.15) is 0 Å².